The number of rotatable bonds is 3. The van der Waals surface area contributed by atoms with E-state index in [2.05, 4.69) is 5.10 Å². The standard InChI is InChI=1S/C24H23F3N2O3/c1-13-9-16(14-11-28-29(12-14)20(21(30)31)22(2,3)4)19-15-7-5-6-8-17(15)23(32,18(19)10-13)24(25,26)27/h5-12,20,32H,1-4H3,(H,30,31). The van der Waals surface area contributed by atoms with E-state index in [1.165, 1.54) is 35.3 Å². The van der Waals surface area contributed by atoms with Gasteiger partial charge in [-0.05, 0) is 29.0 Å². The van der Waals surface area contributed by atoms with Crippen LogP contribution < -0.4 is 0 Å². The number of aliphatic carboxylic acids is 1. The number of hydrogen-bond donors (Lipinski definition) is 2. The van der Waals surface area contributed by atoms with Crippen molar-refractivity contribution in [2.45, 2.75) is 45.5 Å². The number of nitrogens with zero attached hydrogens (tertiary/aromatic N) is 2. The summed E-state index contributed by atoms with van der Waals surface area (Å²) < 4.78 is 43.8. The number of hydrogen-bond acceptors (Lipinski definition) is 3. The van der Waals surface area contributed by atoms with Crippen molar-refractivity contribution in [2.24, 2.45) is 5.41 Å². The number of fused-ring (bicyclic) bond motifs is 3. The monoisotopic (exact) mass is 444 g/mol. The zero-order valence-electron chi connectivity index (χ0n) is 18.0. The molecule has 0 fully saturated rings. The number of carboxylic acid groups (broad SMARTS) is 1. The first kappa shape index (κ1) is 22.1. The molecule has 0 amide bonds. The summed E-state index contributed by atoms with van der Waals surface area (Å²) >= 11 is 0. The van der Waals surface area contributed by atoms with Crippen LogP contribution in [0.1, 0.15) is 43.5 Å². The summed E-state index contributed by atoms with van der Waals surface area (Å²) in [5, 5.41) is 24.9. The normalized spacial score (nSPS) is 18.9. The Morgan fingerprint density at radius 1 is 1.09 bits per heavy atom. The van der Waals surface area contributed by atoms with Gasteiger partial charge in [0.15, 0.2) is 6.04 Å². The molecular formula is C24H23F3N2O3. The van der Waals surface area contributed by atoms with Crippen LogP contribution >= 0.6 is 0 Å². The van der Waals surface area contributed by atoms with Gasteiger partial charge in [-0.15, -0.1) is 0 Å². The quantitative estimate of drug-likeness (QED) is 0.574. The lowest BCUT2D eigenvalue weighted by Crippen LogP contribution is -2.41. The van der Waals surface area contributed by atoms with Gasteiger partial charge in [0.25, 0.3) is 0 Å². The highest BCUT2D eigenvalue weighted by Gasteiger charge is 2.61. The highest BCUT2D eigenvalue weighted by molar-refractivity contribution is 5.92. The topological polar surface area (TPSA) is 75.4 Å². The lowest BCUT2D eigenvalue weighted by Gasteiger charge is -2.28. The first-order valence-corrected chi connectivity index (χ1v) is 10.1. The van der Waals surface area contributed by atoms with Crippen molar-refractivity contribution in [3.63, 3.8) is 0 Å². The Morgan fingerprint density at radius 3 is 2.34 bits per heavy atom. The van der Waals surface area contributed by atoms with Crippen molar-refractivity contribution >= 4 is 5.97 Å². The molecule has 2 unspecified atom stereocenters. The molecular weight excluding hydrogens is 421 g/mol. The van der Waals surface area contributed by atoms with Gasteiger partial charge in [-0.2, -0.15) is 18.3 Å². The summed E-state index contributed by atoms with van der Waals surface area (Å²) in [6, 6.07) is 8.04. The minimum Gasteiger partial charge on any atom is -0.480 e. The summed E-state index contributed by atoms with van der Waals surface area (Å²) in [7, 11) is 0. The molecule has 2 N–H and O–H groups in total. The van der Waals surface area contributed by atoms with Crippen molar-refractivity contribution in [1.82, 2.24) is 9.78 Å². The molecule has 0 saturated carbocycles. The zero-order chi connectivity index (χ0) is 23.6. The van der Waals surface area contributed by atoms with Crippen molar-refractivity contribution in [2.75, 3.05) is 0 Å². The second kappa shape index (κ2) is 6.93. The molecule has 1 aliphatic rings. The molecule has 1 heterocycles. The van der Waals surface area contributed by atoms with Crippen LogP contribution in [0.3, 0.4) is 0 Å². The van der Waals surface area contributed by atoms with Crippen LogP contribution in [0, 0.1) is 12.3 Å². The Kier molecular flexibility index (Phi) is 4.78. The zero-order valence-corrected chi connectivity index (χ0v) is 18.0. The van der Waals surface area contributed by atoms with E-state index in [4.69, 9.17) is 0 Å². The van der Waals surface area contributed by atoms with Gasteiger partial charge in [-0.3, -0.25) is 4.68 Å². The molecule has 1 aliphatic carbocycles. The summed E-state index contributed by atoms with van der Waals surface area (Å²) in [6.07, 6.45) is -1.94. The predicted octanol–water partition coefficient (Wildman–Crippen LogP) is 5.31. The van der Waals surface area contributed by atoms with E-state index in [9.17, 15) is 28.2 Å². The summed E-state index contributed by atoms with van der Waals surface area (Å²) in [6.45, 7) is 6.98. The molecule has 3 aromatic rings. The number of carboxylic acids is 1. The Bertz CT molecular complexity index is 1220. The van der Waals surface area contributed by atoms with Crippen LogP contribution in [0.25, 0.3) is 22.3 Å². The smallest absolute Gasteiger partial charge is 0.425 e. The molecule has 2 aromatic carbocycles. The van der Waals surface area contributed by atoms with E-state index >= 15 is 0 Å². The highest BCUT2D eigenvalue weighted by Crippen LogP contribution is 2.57. The number of alkyl halides is 3. The molecule has 0 saturated heterocycles. The van der Waals surface area contributed by atoms with E-state index in [1.807, 2.05) is 0 Å². The first-order chi connectivity index (χ1) is 14.8. The minimum atomic E-state index is -4.93. The fourth-order valence-corrected chi connectivity index (χ4v) is 4.56. The number of aromatic nitrogens is 2. The largest absolute Gasteiger partial charge is 0.480 e. The maximum absolute atomic E-state index is 14.2. The molecule has 5 nitrogen and oxygen atoms in total. The first-order valence-electron chi connectivity index (χ1n) is 10.1. The fraction of sp³-hybridized carbons (Fsp3) is 0.333. The number of aliphatic hydroxyl groups is 1. The van der Waals surface area contributed by atoms with Crippen molar-refractivity contribution in [1.29, 1.82) is 0 Å². The molecule has 1 aromatic heterocycles. The molecule has 8 heteroatoms. The van der Waals surface area contributed by atoms with E-state index < -0.39 is 29.2 Å². The molecule has 0 radical (unpaired) electrons. The lowest BCUT2D eigenvalue weighted by molar-refractivity contribution is -0.246. The van der Waals surface area contributed by atoms with Crippen LogP contribution in [0.4, 0.5) is 13.2 Å². The SMILES string of the molecule is Cc1cc(-c2cnn(C(C(=O)O)C(C)(C)C)c2)c2c(c1)C(O)(C(F)(F)F)c1ccccc1-2. The van der Waals surface area contributed by atoms with Gasteiger partial charge >= 0.3 is 12.1 Å². The minimum absolute atomic E-state index is 0.222. The molecule has 4 rings (SSSR count). The van der Waals surface area contributed by atoms with Crippen LogP contribution in [0.15, 0.2) is 48.8 Å². The Morgan fingerprint density at radius 2 is 1.75 bits per heavy atom. The summed E-state index contributed by atoms with van der Waals surface area (Å²) in [4.78, 5) is 11.9. The van der Waals surface area contributed by atoms with Gasteiger partial charge in [0, 0.05) is 22.9 Å². The maximum atomic E-state index is 14.2. The predicted molar refractivity (Wildman–Crippen MR) is 113 cm³/mol. The van der Waals surface area contributed by atoms with Crippen LogP contribution in [-0.4, -0.2) is 32.1 Å². The van der Waals surface area contributed by atoms with Crippen molar-refractivity contribution in [3.05, 3.63) is 65.5 Å². The second-order valence-corrected chi connectivity index (χ2v) is 9.30. The van der Waals surface area contributed by atoms with Crippen molar-refractivity contribution < 1.29 is 28.2 Å². The Hall–Kier alpha value is -3.13. The summed E-state index contributed by atoms with van der Waals surface area (Å²) in [5.41, 5.74) is -2.22. The Balaban J connectivity index is 1.98. The Labute approximate surface area is 183 Å². The van der Waals surface area contributed by atoms with E-state index in [1.54, 1.807) is 45.9 Å². The third-order valence-corrected chi connectivity index (χ3v) is 5.90. The average Bonchev–Trinajstić information content (AvgIpc) is 3.22. The van der Waals surface area contributed by atoms with E-state index in [0.29, 0.717) is 16.7 Å². The number of halogens is 3. The van der Waals surface area contributed by atoms with Crippen LogP contribution in [-0.2, 0) is 10.4 Å². The highest BCUT2D eigenvalue weighted by atomic mass is 19.4. The van der Waals surface area contributed by atoms with Gasteiger partial charge in [0.2, 0.25) is 5.60 Å². The lowest BCUT2D eigenvalue weighted by atomic mass is 9.87. The van der Waals surface area contributed by atoms with Crippen LogP contribution in [0.2, 0.25) is 0 Å². The van der Waals surface area contributed by atoms with E-state index in [0.717, 1.165) is 0 Å². The molecule has 0 bridgehead atoms. The third kappa shape index (κ3) is 3.12. The molecule has 32 heavy (non-hydrogen) atoms. The van der Waals surface area contributed by atoms with Gasteiger partial charge in [-0.1, -0.05) is 62.7 Å². The van der Waals surface area contributed by atoms with Gasteiger partial charge in [0.05, 0.1) is 6.20 Å². The third-order valence-electron chi connectivity index (χ3n) is 5.90. The number of aryl methyl sites for hydroxylation is 1. The van der Waals surface area contributed by atoms with Gasteiger partial charge in [0.1, 0.15) is 0 Å². The molecule has 2 atom stereocenters. The molecule has 168 valence electrons. The molecule has 0 spiro atoms. The van der Waals surface area contributed by atoms with Gasteiger partial charge < -0.3 is 10.2 Å². The number of benzene rings is 2. The molecule has 0 aliphatic heterocycles. The fourth-order valence-electron chi connectivity index (χ4n) is 4.56. The summed E-state index contributed by atoms with van der Waals surface area (Å²) in [5.74, 6) is -1.06. The van der Waals surface area contributed by atoms with Crippen LogP contribution in [0.5, 0.6) is 0 Å². The maximum Gasteiger partial charge on any atom is 0.425 e. The average molecular weight is 444 g/mol. The van der Waals surface area contributed by atoms with E-state index in [-0.39, 0.29) is 22.3 Å². The number of carbonyl (C=O) groups is 1. The van der Waals surface area contributed by atoms with Gasteiger partial charge in [-0.25, -0.2) is 4.79 Å². The van der Waals surface area contributed by atoms with Crippen molar-refractivity contribution in [3.8, 4) is 22.3 Å². The second-order valence-electron chi connectivity index (χ2n) is 9.30.